The fourth-order valence-corrected chi connectivity index (χ4v) is 2.64. The van der Waals surface area contributed by atoms with Crippen LogP contribution in [-0.4, -0.2) is 12.5 Å². The lowest BCUT2D eigenvalue weighted by atomic mass is 10.1. The molecule has 3 rings (SSSR count). The van der Waals surface area contributed by atoms with E-state index in [1.54, 1.807) is 6.07 Å². The number of carbonyl (C=O) groups is 1. The zero-order valence-electron chi connectivity index (χ0n) is 13.8. The van der Waals surface area contributed by atoms with E-state index in [0.717, 1.165) is 16.7 Å². The number of carbonyl (C=O) groups excluding carboxylic acids is 1. The smallest absolute Gasteiger partial charge is 0.262 e. The van der Waals surface area contributed by atoms with Crippen LogP contribution in [0.4, 0.5) is 5.69 Å². The molecule has 0 aliphatic rings. The first-order chi connectivity index (χ1) is 12.1. The molecule has 4 heteroatoms. The van der Waals surface area contributed by atoms with E-state index in [-0.39, 0.29) is 12.5 Å². The van der Waals surface area contributed by atoms with Crippen LogP contribution in [-0.2, 0) is 4.79 Å². The number of benzene rings is 3. The van der Waals surface area contributed by atoms with Gasteiger partial charge in [-0.1, -0.05) is 66.2 Å². The number of aryl methyl sites for hydroxylation is 1. The first-order valence-corrected chi connectivity index (χ1v) is 8.34. The highest BCUT2D eigenvalue weighted by Crippen LogP contribution is 2.29. The molecule has 0 fully saturated rings. The molecule has 25 heavy (non-hydrogen) atoms. The van der Waals surface area contributed by atoms with Crippen molar-refractivity contribution in [2.75, 3.05) is 11.9 Å². The third kappa shape index (κ3) is 4.40. The second kappa shape index (κ2) is 7.86. The fraction of sp³-hybridized carbons (Fsp3) is 0.0952. The number of hydrogen-bond donors (Lipinski definition) is 1. The summed E-state index contributed by atoms with van der Waals surface area (Å²) in [5.74, 6) is 0.438. The van der Waals surface area contributed by atoms with Gasteiger partial charge in [0.2, 0.25) is 0 Å². The highest BCUT2D eigenvalue weighted by atomic mass is 35.5. The molecule has 0 saturated heterocycles. The first kappa shape index (κ1) is 17.1. The van der Waals surface area contributed by atoms with E-state index in [2.05, 4.69) is 5.32 Å². The molecule has 3 aromatic rings. The number of anilines is 1. The van der Waals surface area contributed by atoms with Crippen LogP contribution in [0.5, 0.6) is 5.75 Å². The zero-order valence-corrected chi connectivity index (χ0v) is 14.6. The van der Waals surface area contributed by atoms with Crippen LogP contribution < -0.4 is 10.1 Å². The Kier molecular flexibility index (Phi) is 5.36. The number of halogens is 1. The molecule has 126 valence electrons. The maximum absolute atomic E-state index is 12.2. The van der Waals surface area contributed by atoms with E-state index in [1.165, 1.54) is 0 Å². The number of amides is 1. The van der Waals surface area contributed by atoms with Crippen molar-refractivity contribution in [2.45, 2.75) is 6.92 Å². The second-order valence-corrected chi connectivity index (χ2v) is 6.07. The van der Waals surface area contributed by atoms with E-state index in [0.29, 0.717) is 16.5 Å². The SMILES string of the molecule is Cc1ccc(NC(=O)COc2ccccc2-c2ccccc2)cc1Cl. The van der Waals surface area contributed by atoms with Gasteiger partial charge < -0.3 is 10.1 Å². The molecule has 1 amide bonds. The van der Waals surface area contributed by atoms with Gasteiger partial charge in [-0.05, 0) is 36.2 Å². The minimum absolute atomic E-state index is 0.0741. The van der Waals surface area contributed by atoms with Gasteiger partial charge in [-0.2, -0.15) is 0 Å². The zero-order chi connectivity index (χ0) is 17.6. The van der Waals surface area contributed by atoms with E-state index >= 15 is 0 Å². The molecule has 0 aliphatic carbocycles. The highest BCUT2D eigenvalue weighted by Gasteiger charge is 2.09. The number of para-hydroxylation sites is 1. The summed E-state index contributed by atoms with van der Waals surface area (Å²) in [6.07, 6.45) is 0. The van der Waals surface area contributed by atoms with Crippen LogP contribution in [0.1, 0.15) is 5.56 Å². The lowest BCUT2D eigenvalue weighted by Gasteiger charge is -2.12. The lowest BCUT2D eigenvalue weighted by Crippen LogP contribution is -2.20. The molecule has 1 N–H and O–H groups in total. The van der Waals surface area contributed by atoms with Crippen LogP contribution in [0, 0.1) is 6.92 Å². The van der Waals surface area contributed by atoms with Crippen molar-refractivity contribution in [3.05, 3.63) is 83.4 Å². The Morgan fingerprint density at radius 3 is 2.48 bits per heavy atom. The molecule has 0 aromatic heterocycles. The van der Waals surface area contributed by atoms with Crippen molar-refractivity contribution in [1.82, 2.24) is 0 Å². The van der Waals surface area contributed by atoms with Gasteiger partial charge in [0.1, 0.15) is 5.75 Å². The van der Waals surface area contributed by atoms with Gasteiger partial charge in [0.05, 0.1) is 0 Å². The van der Waals surface area contributed by atoms with E-state index in [4.69, 9.17) is 16.3 Å². The molecular formula is C21H18ClNO2. The fourth-order valence-electron chi connectivity index (χ4n) is 2.46. The van der Waals surface area contributed by atoms with Crippen molar-refractivity contribution in [2.24, 2.45) is 0 Å². The van der Waals surface area contributed by atoms with Crippen molar-refractivity contribution < 1.29 is 9.53 Å². The van der Waals surface area contributed by atoms with Gasteiger partial charge in [-0.3, -0.25) is 4.79 Å². The van der Waals surface area contributed by atoms with Crippen LogP contribution in [0.2, 0.25) is 5.02 Å². The van der Waals surface area contributed by atoms with Gasteiger partial charge in [-0.25, -0.2) is 0 Å². The van der Waals surface area contributed by atoms with E-state index in [9.17, 15) is 4.79 Å². The summed E-state index contributed by atoms with van der Waals surface area (Å²) in [4.78, 5) is 12.2. The Hall–Kier alpha value is -2.78. The Morgan fingerprint density at radius 1 is 1.00 bits per heavy atom. The second-order valence-electron chi connectivity index (χ2n) is 5.66. The average molecular weight is 352 g/mol. The molecule has 0 unspecified atom stereocenters. The summed E-state index contributed by atoms with van der Waals surface area (Å²) in [6.45, 7) is 1.84. The van der Waals surface area contributed by atoms with Gasteiger partial charge in [0.15, 0.2) is 6.61 Å². The topological polar surface area (TPSA) is 38.3 Å². The maximum Gasteiger partial charge on any atom is 0.262 e. The third-order valence-corrected chi connectivity index (χ3v) is 4.19. The standard InChI is InChI=1S/C21H18ClNO2/c1-15-11-12-17(13-19(15)22)23-21(24)14-25-20-10-6-5-9-18(20)16-7-3-2-4-8-16/h2-13H,14H2,1H3,(H,23,24). The summed E-state index contributed by atoms with van der Waals surface area (Å²) >= 11 is 6.08. The first-order valence-electron chi connectivity index (χ1n) is 7.97. The normalized spacial score (nSPS) is 10.3. The molecule has 0 saturated carbocycles. The molecule has 0 aliphatic heterocycles. The van der Waals surface area contributed by atoms with Crippen molar-refractivity contribution in [3.8, 4) is 16.9 Å². The average Bonchev–Trinajstić information content (AvgIpc) is 2.64. The van der Waals surface area contributed by atoms with Crippen LogP contribution in [0.25, 0.3) is 11.1 Å². The minimum atomic E-state index is -0.234. The van der Waals surface area contributed by atoms with Gasteiger partial charge >= 0.3 is 0 Å². The molecule has 3 aromatic carbocycles. The summed E-state index contributed by atoms with van der Waals surface area (Å²) in [7, 11) is 0. The van der Waals surface area contributed by atoms with Gasteiger partial charge in [0.25, 0.3) is 5.91 Å². The Bertz CT molecular complexity index is 878. The Morgan fingerprint density at radius 2 is 1.72 bits per heavy atom. The van der Waals surface area contributed by atoms with Crippen LogP contribution in [0.15, 0.2) is 72.8 Å². The lowest BCUT2D eigenvalue weighted by molar-refractivity contribution is -0.118. The Balaban J connectivity index is 1.67. The van der Waals surface area contributed by atoms with E-state index < -0.39 is 0 Å². The third-order valence-electron chi connectivity index (χ3n) is 3.79. The Labute approximate surface area is 152 Å². The quantitative estimate of drug-likeness (QED) is 0.674. The number of rotatable bonds is 5. The molecule has 0 radical (unpaired) electrons. The summed E-state index contributed by atoms with van der Waals surface area (Å²) < 4.78 is 5.73. The highest BCUT2D eigenvalue weighted by molar-refractivity contribution is 6.31. The monoisotopic (exact) mass is 351 g/mol. The summed E-state index contributed by atoms with van der Waals surface area (Å²) in [5, 5.41) is 3.41. The van der Waals surface area contributed by atoms with Gasteiger partial charge in [0, 0.05) is 16.3 Å². The van der Waals surface area contributed by atoms with Crippen LogP contribution >= 0.6 is 11.6 Å². The predicted molar refractivity (Wildman–Crippen MR) is 102 cm³/mol. The van der Waals surface area contributed by atoms with Crippen LogP contribution in [0.3, 0.4) is 0 Å². The van der Waals surface area contributed by atoms with Crippen molar-refractivity contribution in [1.29, 1.82) is 0 Å². The summed E-state index contributed by atoms with van der Waals surface area (Å²) in [5.41, 5.74) is 3.62. The number of hydrogen-bond acceptors (Lipinski definition) is 2. The number of ether oxygens (including phenoxy) is 1. The molecule has 0 bridgehead atoms. The number of nitrogens with one attached hydrogen (secondary N) is 1. The van der Waals surface area contributed by atoms with Crippen molar-refractivity contribution in [3.63, 3.8) is 0 Å². The molecular weight excluding hydrogens is 334 g/mol. The molecule has 3 nitrogen and oxygen atoms in total. The van der Waals surface area contributed by atoms with Gasteiger partial charge in [-0.15, -0.1) is 0 Å². The largest absolute Gasteiger partial charge is 0.483 e. The van der Waals surface area contributed by atoms with Crippen molar-refractivity contribution >= 4 is 23.2 Å². The van der Waals surface area contributed by atoms with E-state index in [1.807, 2.05) is 73.7 Å². The minimum Gasteiger partial charge on any atom is -0.483 e. The maximum atomic E-state index is 12.2. The molecule has 0 atom stereocenters. The predicted octanol–water partition coefficient (Wildman–Crippen LogP) is 5.33. The summed E-state index contributed by atoms with van der Waals surface area (Å²) in [6, 6.07) is 23.0. The molecule has 0 spiro atoms. The molecule has 0 heterocycles.